The Morgan fingerprint density at radius 2 is 0.726 bits per heavy atom. The van der Waals surface area contributed by atoms with Crippen molar-refractivity contribution in [1.82, 2.24) is 5.32 Å². The zero-order valence-electron chi connectivity index (χ0n) is 55.9. The Morgan fingerprint density at radius 3 is 1.11 bits per heavy atom. The number of hydrogen-bond donors (Lipinski definition) is 2. The van der Waals surface area contributed by atoms with Crippen LogP contribution >= 0.6 is 7.82 Å². The number of esters is 1. The van der Waals surface area contributed by atoms with Crippen molar-refractivity contribution in [2.75, 3.05) is 40.9 Å². The number of hydrogen-bond acceptors (Lipinski definition) is 6. The van der Waals surface area contributed by atoms with E-state index in [4.69, 9.17) is 13.8 Å². The number of unbranched alkanes of at least 4 members (excludes halogenated alkanes) is 36. The highest BCUT2D eigenvalue weighted by atomic mass is 31.2. The van der Waals surface area contributed by atoms with Crippen LogP contribution in [0.2, 0.25) is 0 Å². The number of ether oxygens (including phenoxy) is 1. The molecular weight excluding hydrogens is 1060 g/mol. The van der Waals surface area contributed by atoms with E-state index in [2.05, 4.69) is 99.0 Å². The predicted molar refractivity (Wildman–Crippen MR) is 364 cm³/mol. The van der Waals surface area contributed by atoms with Gasteiger partial charge in [-0.2, -0.15) is 0 Å². The van der Waals surface area contributed by atoms with Crippen LogP contribution in [0.1, 0.15) is 323 Å². The van der Waals surface area contributed by atoms with Crippen LogP contribution < -0.4 is 5.32 Å². The lowest BCUT2D eigenvalue weighted by molar-refractivity contribution is -0.870. The van der Waals surface area contributed by atoms with Gasteiger partial charge in [-0.1, -0.05) is 286 Å². The van der Waals surface area contributed by atoms with Gasteiger partial charge in [0.25, 0.3) is 0 Å². The van der Waals surface area contributed by atoms with Crippen LogP contribution in [0.3, 0.4) is 0 Å². The molecule has 0 saturated carbocycles. The zero-order chi connectivity index (χ0) is 61.4. The van der Waals surface area contributed by atoms with E-state index in [0.29, 0.717) is 17.4 Å². The van der Waals surface area contributed by atoms with Crippen molar-refractivity contribution in [3.05, 3.63) is 85.1 Å². The summed E-state index contributed by atoms with van der Waals surface area (Å²) in [6.07, 6.45) is 84.4. The van der Waals surface area contributed by atoms with Gasteiger partial charge in [0.15, 0.2) is 0 Å². The first kappa shape index (κ1) is 81.2. The molecule has 0 fully saturated rings. The third-order valence-electron chi connectivity index (χ3n) is 15.6. The molecule has 1 amide bonds. The van der Waals surface area contributed by atoms with Crippen LogP contribution in [0.4, 0.5) is 0 Å². The summed E-state index contributed by atoms with van der Waals surface area (Å²) in [7, 11) is 1.49. The van der Waals surface area contributed by atoms with Gasteiger partial charge in [0, 0.05) is 12.8 Å². The summed E-state index contributed by atoms with van der Waals surface area (Å²) in [6.45, 7) is 6.98. The molecule has 0 rings (SSSR count). The molecule has 0 spiro atoms. The van der Waals surface area contributed by atoms with Gasteiger partial charge in [-0.3, -0.25) is 18.6 Å². The average molecular weight is 1200 g/mol. The van der Waals surface area contributed by atoms with E-state index in [0.717, 1.165) is 96.3 Å². The van der Waals surface area contributed by atoms with Crippen LogP contribution in [0.15, 0.2) is 85.1 Å². The van der Waals surface area contributed by atoms with Crippen molar-refractivity contribution in [2.24, 2.45) is 0 Å². The Hall–Kier alpha value is -2.81. The number of nitrogens with one attached hydrogen (secondary N) is 1. The lowest BCUT2D eigenvalue weighted by Crippen LogP contribution is -2.47. The summed E-state index contributed by atoms with van der Waals surface area (Å²) in [5, 5.41) is 3.07. The van der Waals surface area contributed by atoms with Gasteiger partial charge < -0.3 is 19.4 Å². The number of quaternary nitrogens is 1. The molecule has 3 unspecified atom stereocenters. The fourth-order valence-electron chi connectivity index (χ4n) is 10.1. The number of phosphoric ester groups is 1. The SMILES string of the molecule is CCCCC/C=C\C/C=C\C/C=C\C/C=C\CCCCCCCCCC(=O)OC(/C=C/CCCCCCCCCCCC)C(COP(=O)(O)OCC[N+](C)(C)C)NC(=O)CCCCCCCCCCCCCCC/C=C\C/C=C\CCCCC. The normalized spacial score (nSPS) is 14.0. The van der Waals surface area contributed by atoms with Crippen LogP contribution in [0.25, 0.3) is 0 Å². The molecule has 0 saturated heterocycles. The molecule has 0 aromatic rings. The Balaban J connectivity index is 5.11. The van der Waals surface area contributed by atoms with Crippen LogP contribution in [-0.2, 0) is 27.9 Å². The van der Waals surface area contributed by atoms with E-state index in [1.165, 1.54) is 193 Å². The summed E-state index contributed by atoms with van der Waals surface area (Å²) in [6, 6.07) is -0.858. The molecule has 0 heterocycles. The molecule has 0 aliphatic carbocycles. The largest absolute Gasteiger partial charge is 0.472 e. The number of carbonyl (C=O) groups excluding carboxylic acids is 2. The van der Waals surface area contributed by atoms with Crippen molar-refractivity contribution in [3.63, 3.8) is 0 Å². The zero-order valence-corrected chi connectivity index (χ0v) is 56.8. The van der Waals surface area contributed by atoms with E-state index in [9.17, 15) is 19.0 Å². The molecule has 9 nitrogen and oxygen atoms in total. The standard InChI is InChI=1S/C74H135N2O7P/c1-7-10-13-16-19-22-25-28-30-32-34-36-38-40-42-44-46-48-51-54-57-60-63-66-73(77)75-71(70-82-84(79,80)81-69-68-76(4,5)6)72(65-62-59-56-53-50-27-24-21-18-15-12-9-3)83-74(78)67-64-61-58-55-52-49-47-45-43-41-39-37-35-33-31-29-26-23-20-17-14-11-8-2/h19-20,22-23,28-31,35,37,41,43,62,65,71-72H,7-18,21,24-27,32-34,36,38-40,42,44-61,63-64,66-70H2,1-6H3,(H-,75,77,79,80)/p+1/b22-19-,23-20-,30-28-,31-29-,37-35-,43-41-,65-62+. The van der Waals surface area contributed by atoms with Crippen LogP contribution in [0, 0.1) is 0 Å². The van der Waals surface area contributed by atoms with Gasteiger partial charge >= 0.3 is 13.8 Å². The summed E-state index contributed by atoms with van der Waals surface area (Å²) < 4.78 is 30.8. The first-order valence-electron chi connectivity index (χ1n) is 35.4. The second-order valence-corrected chi connectivity index (χ2v) is 26.5. The molecule has 3 atom stereocenters. The minimum Gasteiger partial charge on any atom is -0.456 e. The molecule has 0 aromatic carbocycles. The number of carbonyl (C=O) groups is 2. The lowest BCUT2D eigenvalue weighted by atomic mass is 10.0. The molecule has 0 bridgehead atoms. The second kappa shape index (κ2) is 63.2. The van der Waals surface area contributed by atoms with Crippen molar-refractivity contribution in [1.29, 1.82) is 0 Å². The van der Waals surface area contributed by atoms with E-state index < -0.39 is 20.0 Å². The van der Waals surface area contributed by atoms with E-state index in [-0.39, 0.29) is 31.5 Å². The maximum Gasteiger partial charge on any atom is 0.472 e. The summed E-state index contributed by atoms with van der Waals surface area (Å²) in [5.74, 6) is -0.512. The molecule has 0 aliphatic rings. The van der Waals surface area contributed by atoms with Gasteiger partial charge in [-0.05, 0) is 109 Å². The van der Waals surface area contributed by atoms with Crippen LogP contribution in [-0.4, -0.2) is 74.3 Å². The fourth-order valence-corrected chi connectivity index (χ4v) is 10.8. The highest BCUT2D eigenvalue weighted by molar-refractivity contribution is 7.47. The third kappa shape index (κ3) is 63.7. The predicted octanol–water partition coefficient (Wildman–Crippen LogP) is 22.5. The van der Waals surface area contributed by atoms with Crippen molar-refractivity contribution in [2.45, 2.75) is 335 Å². The maximum absolute atomic E-state index is 13.6. The van der Waals surface area contributed by atoms with Crippen LogP contribution in [0.5, 0.6) is 0 Å². The second-order valence-electron chi connectivity index (χ2n) is 25.0. The van der Waals surface area contributed by atoms with Gasteiger partial charge in [0.05, 0.1) is 33.8 Å². The molecule has 488 valence electrons. The molecule has 0 radical (unpaired) electrons. The minimum absolute atomic E-state index is 0.0358. The maximum atomic E-state index is 13.6. The molecule has 84 heavy (non-hydrogen) atoms. The number of allylic oxidation sites excluding steroid dienone is 13. The molecule has 0 aromatic heterocycles. The van der Waals surface area contributed by atoms with E-state index in [1.54, 1.807) is 0 Å². The Kier molecular flexibility index (Phi) is 61.1. The lowest BCUT2D eigenvalue weighted by Gasteiger charge is -2.27. The van der Waals surface area contributed by atoms with Crippen molar-refractivity contribution in [3.8, 4) is 0 Å². The number of phosphoric acid groups is 1. The number of rotatable bonds is 64. The van der Waals surface area contributed by atoms with Gasteiger partial charge in [0.2, 0.25) is 5.91 Å². The highest BCUT2D eigenvalue weighted by Gasteiger charge is 2.30. The molecule has 10 heteroatoms. The Bertz CT molecular complexity index is 1710. The summed E-state index contributed by atoms with van der Waals surface area (Å²) in [4.78, 5) is 37.9. The third-order valence-corrected chi connectivity index (χ3v) is 16.5. The number of nitrogens with zero attached hydrogens (tertiary/aromatic N) is 1. The van der Waals surface area contributed by atoms with Gasteiger partial charge in [0.1, 0.15) is 19.3 Å². The summed E-state index contributed by atoms with van der Waals surface area (Å²) in [5.41, 5.74) is 0. The summed E-state index contributed by atoms with van der Waals surface area (Å²) >= 11 is 0. The average Bonchev–Trinajstić information content (AvgIpc) is 3.65. The minimum atomic E-state index is -4.46. The van der Waals surface area contributed by atoms with E-state index >= 15 is 0 Å². The Labute approximate surface area is 520 Å². The molecule has 2 N–H and O–H groups in total. The smallest absolute Gasteiger partial charge is 0.456 e. The van der Waals surface area contributed by atoms with Crippen molar-refractivity contribution < 1.29 is 37.3 Å². The van der Waals surface area contributed by atoms with E-state index in [1.807, 2.05) is 33.3 Å². The topological polar surface area (TPSA) is 111 Å². The monoisotopic (exact) mass is 1200 g/mol. The van der Waals surface area contributed by atoms with Gasteiger partial charge in [-0.25, -0.2) is 4.57 Å². The Morgan fingerprint density at radius 1 is 0.417 bits per heavy atom. The first-order valence-corrected chi connectivity index (χ1v) is 36.9. The molecule has 0 aliphatic heterocycles. The van der Waals surface area contributed by atoms with Crippen molar-refractivity contribution >= 4 is 19.7 Å². The van der Waals surface area contributed by atoms with Gasteiger partial charge in [-0.15, -0.1) is 0 Å². The first-order chi connectivity index (χ1) is 40.9. The number of amides is 1. The molecular formula is C74H136N2O7P+. The number of likely N-dealkylation sites (N-methyl/N-ethyl adjacent to an activating group) is 1. The fraction of sp³-hybridized carbons (Fsp3) is 0.784. The highest BCUT2D eigenvalue weighted by Crippen LogP contribution is 2.43. The quantitative estimate of drug-likeness (QED) is 0.0205.